The molecule has 0 radical (unpaired) electrons. The number of primary amides is 1. The topological polar surface area (TPSA) is 103 Å². The van der Waals surface area contributed by atoms with Crippen molar-refractivity contribution in [2.45, 2.75) is 6.92 Å². The fraction of sp³-hybridized carbons (Fsp3) is 0.118. The number of ether oxygens (including phenoxy) is 2. The average Bonchev–Trinajstić information content (AvgIpc) is 2.57. The van der Waals surface area contributed by atoms with Crippen LogP contribution in [0.5, 0.6) is 11.5 Å². The second-order valence-corrected chi connectivity index (χ2v) is 4.65. The Balaban J connectivity index is 1.96. The Labute approximate surface area is 139 Å². The standard InChI is InChI=1S/C17H17N3O4/c1-2-23-14-9-5-13(6-10-14)16(21)24-15-7-3-12(4-8-15)11-19-20-17(18)22/h3-11H,2H2,1H3,(H3,18,20,22)/b19-11-. The molecule has 0 saturated heterocycles. The number of amides is 2. The van der Waals surface area contributed by atoms with Crippen LogP contribution >= 0.6 is 0 Å². The van der Waals surface area contributed by atoms with E-state index in [9.17, 15) is 9.59 Å². The molecule has 0 unspecified atom stereocenters. The van der Waals surface area contributed by atoms with Crippen molar-refractivity contribution in [1.82, 2.24) is 5.43 Å². The van der Waals surface area contributed by atoms with Crippen LogP contribution < -0.4 is 20.6 Å². The molecule has 3 N–H and O–H groups in total. The van der Waals surface area contributed by atoms with Gasteiger partial charge < -0.3 is 15.2 Å². The molecule has 0 aliphatic rings. The molecule has 0 aliphatic heterocycles. The van der Waals surface area contributed by atoms with Crippen molar-refractivity contribution in [1.29, 1.82) is 0 Å². The first-order valence-electron chi connectivity index (χ1n) is 7.22. The van der Waals surface area contributed by atoms with Gasteiger partial charge in [0.15, 0.2) is 0 Å². The van der Waals surface area contributed by atoms with Crippen molar-refractivity contribution < 1.29 is 19.1 Å². The zero-order valence-corrected chi connectivity index (χ0v) is 13.1. The number of nitrogens with two attached hydrogens (primary N) is 1. The molecule has 0 atom stereocenters. The smallest absolute Gasteiger partial charge is 0.343 e. The van der Waals surface area contributed by atoms with Gasteiger partial charge >= 0.3 is 12.0 Å². The Kier molecular flexibility index (Phi) is 5.90. The van der Waals surface area contributed by atoms with Crippen LogP contribution in [-0.4, -0.2) is 24.8 Å². The summed E-state index contributed by atoms with van der Waals surface area (Å²) in [5.74, 6) is 0.631. The molecule has 0 fully saturated rings. The van der Waals surface area contributed by atoms with Gasteiger partial charge in [0, 0.05) is 0 Å². The third-order valence-electron chi connectivity index (χ3n) is 2.88. The van der Waals surface area contributed by atoms with Crippen LogP contribution in [0.3, 0.4) is 0 Å². The quantitative estimate of drug-likeness (QED) is 0.368. The van der Waals surface area contributed by atoms with E-state index in [1.807, 2.05) is 6.92 Å². The first kappa shape index (κ1) is 17.0. The average molecular weight is 327 g/mol. The molecule has 7 nitrogen and oxygen atoms in total. The van der Waals surface area contributed by atoms with Crippen molar-refractivity contribution in [2.24, 2.45) is 10.8 Å². The number of hydrazone groups is 1. The summed E-state index contributed by atoms with van der Waals surface area (Å²) in [7, 11) is 0. The van der Waals surface area contributed by atoms with Gasteiger partial charge in [-0.05, 0) is 61.0 Å². The predicted molar refractivity (Wildman–Crippen MR) is 89.3 cm³/mol. The second kappa shape index (κ2) is 8.33. The molecule has 0 saturated carbocycles. The van der Waals surface area contributed by atoms with Crippen LogP contribution in [0, 0.1) is 0 Å². The highest BCUT2D eigenvalue weighted by Crippen LogP contribution is 2.16. The molecule has 124 valence electrons. The van der Waals surface area contributed by atoms with Gasteiger partial charge in [-0.3, -0.25) is 0 Å². The van der Waals surface area contributed by atoms with E-state index in [1.54, 1.807) is 48.5 Å². The summed E-state index contributed by atoms with van der Waals surface area (Å²) >= 11 is 0. The molecular weight excluding hydrogens is 310 g/mol. The highest BCUT2D eigenvalue weighted by Gasteiger charge is 2.08. The summed E-state index contributed by atoms with van der Waals surface area (Å²) in [6.07, 6.45) is 1.42. The van der Waals surface area contributed by atoms with Crippen LogP contribution in [0.1, 0.15) is 22.8 Å². The fourth-order valence-corrected chi connectivity index (χ4v) is 1.81. The Bertz CT molecular complexity index is 725. The van der Waals surface area contributed by atoms with E-state index in [2.05, 4.69) is 10.5 Å². The van der Waals surface area contributed by atoms with E-state index in [0.29, 0.717) is 29.2 Å². The number of nitrogens with zero attached hydrogens (tertiary/aromatic N) is 1. The molecule has 0 bridgehead atoms. The number of nitrogens with one attached hydrogen (secondary N) is 1. The van der Waals surface area contributed by atoms with Crippen molar-refractivity contribution in [2.75, 3.05) is 6.61 Å². The molecule has 2 aromatic rings. The minimum absolute atomic E-state index is 0.397. The van der Waals surface area contributed by atoms with Gasteiger partial charge in [-0.1, -0.05) is 0 Å². The Morgan fingerprint density at radius 2 is 1.71 bits per heavy atom. The summed E-state index contributed by atoms with van der Waals surface area (Å²) in [5.41, 5.74) is 8.11. The SMILES string of the molecule is CCOc1ccc(C(=O)Oc2ccc(/C=N\NC(N)=O)cc2)cc1. The van der Waals surface area contributed by atoms with Crippen LogP contribution in [0.4, 0.5) is 4.79 Å². The number of carbonyl (C=O) groups is 2. The Hall–Kier alpha value is -3.35. The minimum Gasteiger partial charge on any atom is -0.494 e. The molecule has 24 heavy (non-hydrogen) atoms. The van der Waals surface area contributed by atoms with Crippen LogP contribution in [0.15, 0.2) is 53.6 Å². The van der Waals surface area contributed by atoms with Gasteiger partial charge in [0.05, 0.1) is 18.4 Å². The predicted octanol–water partition coefficient (Wildman–Crippen LogP) is 2.31. The normalized spacial score (nSPS) is 10.4. The van der Waals surface area contributed by atoms with E-state index in [4.69, 9.17) is 15.2 Å². The zero-order valence-electron chi connectivity index (χ0n) is 13.1. The first-order valence-corrected chi connectivity index (χ1v) is 7.22. The molecule has 7 heteroatoms. The Morgan fingerprint density at radius 3 is 2.29 bits per heavy atom. The zero-order chi connectivity index (χ0) is 17.4. The van der Waals surface area contributed by atoms with Crippen LogP contribution in [-0.2, 0) is 0 Å². The van der Waals surface area contributed by atoms with Gasteiger partial charge in [-0.15, -0.1) is 0 Å². The van der Waals surface area contributed by atoms with E-state index in [0.717, 1.165) is 0 Å². The lowest BCUT2D eigenvalue weighted by Crippen LogP contribution is -2.24. The number of carbonyl (C=O) groups excluding carboxylic acids is 2. The van der Waals surface area contributed by atoms with Gasteiger partial charge in [0.2, 0.25) is 0 Å². The summed E-state index contributed by atoms with van der Waals surface area (Å²) in [6, 6.07) is 12.6. The van der Waals surface area contributed by atoms with Crippen molar-refractivity contribution in [3.63, 3.8) is 0 Å². The number of esters is 1. The highest BCUT2D eigenvalue weighted by molar-refractivity contribution is 5.91. The van der Waals surface area contributed by atoms with Crippen LogP contribution in [0.25, 0.3) is 0 Å². The summed E-state index contributed by atoms with van der Waals surface area (Å²) in [5, 5.41) is 3.63. The first-order chi connectivity index (χ1) is 11.6. The largest absolute Gasteiger partial charge is 0.494 e. The minimum atomic E-state index is -0.743. The molecule has 0 aliphatic carbocycles. The summed E-state index contributed by atoms with van der Waals surface area (Å²) in [6.45, 7) is 2.45. The third kappa shape index (κ3) is 5.13. The van der Waals surface area contributed by atoms with Crippen molar-refractivity contribution in [3.05, 3.63) is 59.7 Å². The van der Waals surface area contributed by atoms with E-state index in [-0.39, 0.29) is 0 Å². The fourth-order valence-electron chi connectivity index (χ4n) is 1.81. The van der Waals surface area contributed by atoms with Gasteiger partial charge in [-0.2, -0.15) is 5.10 Å². The maximum absolute atomic E-state index is 12.1. The third-order valence-corrected chi connectivity index (χ3v) is 2.88. The molecule has 2 rings (SSSR count). The number of urea groups is 1. The number of hydrogen-bond acceptors (Lipinski definition) is 5. The summed E-state index contributed by atoms with van der Waals surface area (Å²) in [4.78, 5) is 22.6. The monoisotopic (exact) mass is 327 g/mol. The van der Waals surface area contributed by atoms with Crippen molar-refractivity contribution in [3.8, 4) is 11.5 Å². The van der Waals surface area contributed by atoms with Crippen LogP contribution in [0.2, 0.25) is 0 Å². The lowest BCUT2D eigenvalue weighted by Gasteiger charge is -2.06. The number of rotatable bonds is 6. The molecule has 2 amide bonds. The number of benzene rings is 2. The maximum Gasteiger partial charge on any atom is 0.343 e. The molecular formula is C17H17N3O4. The second-order valence-electron chi connectivity index (χ2n) is 4.65. The molecule has 0 spiro atoms. The number of hydrogen-bond donors (Lipinski definition) is 2. The van der Waals surface area contributed by atoms with E-state index < -0.39 is 12.0 Å². The van der Waals surface area contributed by atoms with Gasteiger partial charge in [-0.25, -0.2) is 15.0 Å². The van der Waals surface area contributed by atoms with E-state index >= 15 is 0 Å². The Morgan fingerprint density at radius 1 is 1.08 bits per heavy atom. The van der Waals surface area contributed by atoms with E-state index in [1.165, 1.54) is 6.21 Å². The molecule has 0 aromatic heterocycles. The maximum atomic E-state index is 12.1. The highest BCUT2D eigenvalue weighted by atomic mass is 16.5. The molecule has 2 aromatic carbocycles. The lowest BCUT2D eigenvalue weighted by atomic mass is 10.2. The van der Waals surface area contributed by atoms with Gasteiger partial charge in [0.25, 0.3) is 0 Å². The van der Waals surface area contributed by atoms with Gasteiger partial charge in [0.1, 0.15) is 11.5 Å². The van der Waals surface area contributed by atoms with Crippen molar-refractivity contribution >= 4 is 18.2 Å². The molecule has 0 heterocycles. The lowest BCUT2D eigenvalue weighted by molar-refractivity contribution is 0.0734. The summed E-state index contributed by atoms with van der Waals surface area (Å²) < 4.78 is 10.6.